The van der Waals surface area contributed by atoms with Crippen LogP contribution in [0.5, 0.6) is 0 Å². The van der Waals surface area contributed by atoms with Gasteiger partial charge in [0.2, 0.25) is 0 Å². The zero-order valence-corrected chi connectivity index (χ0v) is 5.67. The Morgan fingerprint density at radius 2 is 2.22 bits per heavy atom. The largest absolute Gasteiger partial charge is 0.392 e. The van der Waals surface area contributed by atoms with Gasteiger partial charge in [-0.05, 0) is 6.92 Å². The van der Waals surface area contributed by atoms with Crippen molar-refractivity contribution in [2.24, 2.45) is 0 Å². The molecule has 9 heavy (non-hydrogen) atoms. The molecule has 0 saturated heterocycles. The summed E-state index contributed by atoms with van der Waals surface area (Å²) < 4.78 is 0. The van der Waals surface area contributed by atoms with Crippen LogP contribution in [-0.2, 0) is 0 Å². The molecule has 1 nitrogen and oxygen atoms in total. The van der Waals surface area contributed by atoms with E-state index in [1.807, 2.05) is 19.1 Å². The van der Waals surface area contributed by atoms with E-state index in [2.05, 4.69) is 6.58 Å². The van der Waals surface area contributed by atoms with Gasteiger partial charge < -0.3 is 5.11 Å². The second kappa shape index (κ2) is 5.32. The standard InChI is InChI=1S/C8H12O/c1-8(2)6-4-3-5-7-9/h3-6,9H,1,7H2,2H3. The van der Waals surface area contributed by atoms with Crippen molar-refractivity contribution < 1.29 is 5.11 Å². The van der Waals surface area contributed by atoms with Crippen molar-refractivity contribution in [2.75, 3.05) is 6.61 Å². The predicted octanol–water partition coefficient (Wildman–Crippen LogP) is 1.67. The van der Waals surface area contributed by atoms with E-state index in [0.717, 1.165) is 5.57 Å². The molecule has 0 aliphatic carbocycles. The number of aliphatic hydroxyl groups is 1. The van der Waals surface area contributed by atoms with Crippen molar-refractivity contribution in [1.29, 1.82) is 0 Å². The lowest BCUT2D eigenvalue weighted by Crippen LogP contribution is -1.67. The van der Waals surface area contributed by atoms with Crippen molar-refractivity contribution in [1.82, 2.24) is 0 Å². The summed E-state index contributed by atoms with van der Waals surface area (Å²) in [4.78, 5) is 0. The summed E-state index contributed by atoms with van der Waals surface area (Å²) in [5.74, 6) is 0. The average Bonchev–Trinajstić information content (AvgIpc) is 1.80. The summed E-state index contributed by atoms with van der Waals surface area (Å²) in [5, 5.41) is 8.29. The lowest BCUT2D eigenvalue weighted by Gasteiger charge is -1.79. The molecular formula is C8H12O. The molecule has 0 amide bonds. The smallest absolute Gasteiger partial charge is 0.0615 e. The number of allylic oxidation sites excluding steroid dienone is 4. The second-order valence-electron chi connectivity index (χ2n) is 1.82. The highest BCUT2D eigenvalue weighted by molar-refractivity contribution is 5.16. The van der Waals surface area contributed by atoms with Gasteiger partial charge in [-0.15, -0.1) is 0 Å². The van der Waals surface area contributed by atoms with Gasteiger partial charge in [0, 0.05) is 0 Å². The molecule has 1 heteroatoms. The minimum Gasteiger partial charge on any atom is -0.392 e. The van der Waals surface area contributed by atoms with Gasteiger partial charge in [0.25, 0.3) is 0 Å². The lowest BCUT2D eigenvalue weighted by molar-refractivity contribution is 0.343. The SMILES string of the molecule is C=C(C)C=CC=CCO. The van der Waals surface area contributed by atoms with Crippen LogP contribution in [0.3, 0.4) is 0 Å². The number of hydrogen-bond acceptors (Lipinski definition) is 1. The fraction of sp³-hybridized carbons (Fsp3) is 0.250. The fourth-order valence-electron chi connectivity index (χ4n) is 0.359. The molecule has 0 saturated carbocycles. The van der Waals surface area contributed by atoms with Crippen LogP contribution in [0.15, 0.2) is 36.5 Å². The summed E-state index contributed by atoms with van der Waals surface area (Å²) in [5.41, 5.74) is 1.01. The molecule has 0 aliphatic heterocycles. The third kappa shape index (κ3) is 7.18. The second-order valence-corrected chi connectivity index (χ2v) is 1.82. The monoisotopic (exact) mass is 124 g/mol. The number of aliphatic hydroxyl groups excluding tert-OH is 1. The Bertz CT molecular complexity index is 132. The Labute approximate surface area is 56.0 Å². The van der Waals surface area contributed by atoms with Gasteiger partial charge in [0.05, 0.1) is 6.61 Å². The minimum absolute atomic E-state index is 0.0977. The quantitative estimate of drug-likeness (QED) is 0.567. The molecule has 0 aromatic carbocycles. The van der Waals surface area contributed by atoms with Gasteiger partial charge in [-0.1, -0.05) is 36.5 Å². The van der Waals surface area contributed by atoms with Crippen LogP contribution < -0.4 is 0 Å². The Kier molecular flexibility index (Phi) is 4.83. The molecule has 0 atom stereocenters. The maximum Gasteiger partial charge on any atom is 0.0615 e. The van der Waals surface area contributed by atoms with E-state index in [-0.39, 0.29) is 6.61 Å². The van der Waals surface area contributed by atoms with Crippen LogP contribution in [0.2, 0.25) is 0 Å². The molecule has 0 bridgehead atoms. The third-order valence-corrected chi connectivity index (χ3v) is 0.733. The van der Waals surface area contributed by atoms with Crippen LogP contribution >= 0.6 is 0 Å². The maximum absolute atomic E-state index is 8.29. The van der Waals surface area contributed by atoms with E-state index in [1.54, 1.807) is 12.2 Å². The van der Waals surface area contributed by atoms with Gasteiger partial charge in [-0.3, -0.25) is 0 Å². The van der Waals surface area contributed by atoms with E-state index in [0.29, 0.717) is 0 Å². The van der Waals surface area contributed by atoms with Crippen molar-refractivity contribution >= 4 is 0 Å². The van der Waals surface area contributed by atoms with Crippen LogP contribution in [0.1, 0.15) is 6.92 Å². The number of hydrogen-bond donors (Lipinski definition) is 1. The molecule has 0 aromatic heterocycles. The fourth-order valence-corrected chi connectivity index (χ4v) is 0.359. The average molecular weight is 124 g/mol. The zero-order valence-electron chi connectivity index (χ0n) is 5.67. The molecule has 0 aromatic rings. The van der Waals surface area contributed by atoms with E-state index in [9.17, 15) is 0 Å². The third-order valence-electron chi connectivity index (χ3n) is 0.733. The van der Waals surface area contributed by atoms with Crippen molar-refractivity contribution in [3.8, 4) is 0 Å². The molecule has 0 aliphatic rings. The van der Waals surface area contributed by atoms with E-state index < -0.39 is 0 Å². The Morgan fingerprint density at radius 3 is 2.67 bits per heavy atom. The first-order valence-corrected chi connectivity index (χ1v) is 2.87. The van der Waals surface area contributed by atoms with E-state index in [1.165, 1.54) is 0 Å². The minimum atomic E-state index is 0.0977. The van der Waals surface area contributed by atoms with Crippen LogP contribution in [0, 0.1) is 0 Å². The number of rotatable bonds is 3. The van der Waals surface area contributed by atoms with E-state index >= 15 is 0 Å². The summed E-state index contributed by atoms with van der Waals surface area (Å²) in [6.45, 7) is 5.69. The summed E-state index contributed by atoms with van der Waals surface area (Å²) in [6, 6.07) is 0. The predicted molar refractivity (Wildman–Crippen MR) is 40.2 cm³/mol. The lowest BCUT2D eigenvalue weighted by atomic mass is 10.3. The van der Waals surface area contributed by atoms with Gasteiger partial charge in [-0.2, -0.15) is 0 Å². The van der Waals surface area contributed by atoms with Crippen LogP contribution in [0.25, 0.3) is 0 Å². The molecule has 0 fully saturated rings. The first-order valence-electron chi connectivity index (χ1n) is 2.87. The molecule has 0 rings (SSSR count). The van der Waals surface area contributed by atoms with Crippen molar-refractivity contribution in [3.05, 3.63) is 36.5 Å². The Hall–Kier alpha value is -0.820. The highest BCUT2D eigenvalue weighted by atomic mass is 16.2. The molecule has 0 heterocycles. The first-order chi connectivity index (χ1) is 4.27. The Balaban J connectivity index is 3.47. The topological polar surface area (TPSA) is 20.2 Å². The van der Waals surface area contributed by atoms with Crippen molar-refractivity contribution in [3.63, 3.8) is 0 Å². The summed E-state index contributed by atoms with van der Waals surface area (Å²) >= 11 is 0. The van der Waals surface area contributed by atoms with Gasteiger partial charge in [0.15, 0.2) is 0 Å². The maximum atomic E-state index is 8.29. The zero-order chi connectivity index (χ0) is 7.11. The molecule has 0 radical (unpaired) electrons. The van der Waals surface area contributed by atoms with Gasteiger partial charge in [-0.25, -0.2) is 0 Å². The summed E-state index contributed by atoms with van der Waals surface area (Å²) in [7, 11) is 0. The van der Waals surface area contributed by atoms with Crippen LogP contribution in [-0.4, -0.2) is 11.7 Å². The van der Waals surface area contributed by atoms with Crippen LogP contribution in [0.4, 0.5) is 0 Å². The normalized spacial score (nSPS) is 11.3. The molecule has 50 valence electrons. The van der Waals surface area contributed by atoms with Gasteiger partial charge in [0.1, 0.15) is 0 Å². The first kappa shape index (κ1) is 8.18. The molecule has 0 unspecified atom stereocenters. The summed E-state index contributed by atoms with van der Waals surface area (Å²) in [6.07, 6.45) is 7.18. The van der Waals surface area contributed by atoms with E-state index in [4.69, 9.17) is 5.11 Å². The van der Waals surface area contributed by atoms with Crippen molar-refractivity contribution in [2.45, 2.75) is 6.92 Å². The molecular weight excluding hydrogens is 112 g/mol. The molecule has 1 N–H and O–H groups in total. The Morgan fingerprint density at radius 1 is 1.56 bits per heavy atom. The molecule has 0 spiro atoms. The van der Waals surface area contributed by atoms with Gasteiger partial charge >= 0.3 is 0 Å². The highest BCUT2D eigenvalue weighted by Gasteiger charge is 1.68. The highest BCUT2D eigenvalue weighted by Crippen LogP contribution is 1.88.